The van der Waals surface area contributed by atoms with Gasteiger partial charge in [-0.15, -0.1) is 0 Å². The van der Waals surface area contributed by atoms with Gasteiger partial charge in [-0.2, -0.15) is 5.10 Å². The Morgan fingerprint density at radius 3 is 3.23 bits per heavy atom. The van der Waals surface area contributed by atoms with Gasteiger partial charge in [0.25, 0.3) is 0 Å². The maximum Gasteiger partial charge on any atom is 0.138 e. The minimum atomic E-state index is 0.395. The molecule has 1 N–H and O–H groups in total. The van der Waals surface area contributed by atoms with Crippen molar-refractivity contribution in [2.75, 3.05) is 0 Å². The Bertz CT molecular complexity index is 813. The van der Waals surface area contributed by atoms with Crippen molar-refractivity contribution in [3.63, 3.8) is 0 Å². The molecule has 0 fully saturated rings. The SMILES string of the molecule is Clc1cc(CN[C@H]2CCc3ncnn3C2)c2ncccc2c1. The zero-order valence-corrected chi connectivity index (χ0v) is 12.8. The van der Waals surface area contributed by atoms with Crippen LogP contribution in [0.4, 0.5) is 0 Å². The van der Waals surface area contributed by atoms with Crippen molar-refractivity contribution in [1.29, 1.82) is 0 Å². The number of fused-ring (bicyclic) bond motifs is 2. The first-order valence-electron chi connectivity index (χ1n) is 7.43. The van der Waals surface area contributed by atoms with Crippen LogP contribution in [0, 0.1) is 0 Å². The summed E-state index contributed by atoms with van der Waals surface area (Å²) in [4.78, 5) is 8.75. The molecule has 3 aromatic rings. The first-order chi connectivity index (χ1) is 10.8. The fourth-order valence-corrected chi connectivity index (χ4v) is 3.27. The van der Waals surface area contributed by atoms with Gasteiger partial charge in [0.05, 0.1) is 12.1 Å². The summed E-state index contributed by atoms with van der Waals surface area (Å²) < 4.78 is 1.98. The Kier molecular flexibility index (Phi) is 3.52. The number of aryl methyl sites for hydroxylation is 1. The van der Waals surface area contributed by atoms with Crippen LogP contribution in [0.25, 0.3) is 10.9 Å². The van der Waals surface area contributed by atoms with Crippen LogP contribution in [0.5, 0.6) is 0 Å². The molecule has 1 atom stereocenters. The van der Waals surface area contributed by atoms with E-state index < -0.39 is 0 Å². The second-order valence-electron chi connectivity index (χ2n) is 5.61. The molecule has 6 heteroatoms. The highest BCUT2D eigenvalue weighted by Crippen LogP contribution is 2.22. The van der Waals surface area contributed by atoms with Crippen LogP contribution >= 0.6 is 11.6 Å². The second-order valence-corrected chi connectivity index (χ2v) is 6.05. The van der Waals surface area contributed by atoms with Gasteiger partial charge in [-0.3, -0.25) is 4.98 Å². The van der Waals surface area contributed by atoms with Gasteiger partial charge in [0.1, 0.15) is 12.2 Å². The number of aromatic nitrogens is 4. The van der Waals surface area contributed by atoms with Crippen LogP contribution in [0.3, 0.4) is 0 Å². The maximum absolute atomic E-state index is 6.22. The molecule has 112 valence electrons. The molecular formula is C16H16ClN5. The van der Waals surface area contributed by atoms with E-state index in [1.165, 1.54) is 0 Å². The summed E-state index contributed by atoms with van der Waals surface area (Å²) in [7, 11) is 0. The summed E-state index contributed by atoms with van der Waals surface area (Å²) in [5.41, 5.74) is 2.14. The molecule has 1 aliphatic heterocycles. The largest absolute Gasteiger partial charge is 0.308 e. The molecule has 0 amide bonds. The fourth-order valence-electron chi connectivity index (χ4n) is 3.02. The molecule has 1 aliphatic rings. The highest BCUT2D eigenvalue weighted by Gasteiger charge is 2.19. The lowest BCUT2D eigenvalue weighted by Crippen LogP contribution is -2.37. The summed E-state index contributed by atoms with van der Waals surface area (Å²) in [6.07, 6.45) is 5.49. The van der Waals surface area contributed by atoms with Crippen LogP contribution in [0.1, 0.15) is 17.8 Å². The third kappa shape index (κ3) is 2.58. The Labute approximate surface area is 133 Å². The van der Waals surface area contributed by atoms with Gasteiger partial charge in [0.2, 0.25) is 0 Å². The van der Waals surface area contributed by atoms with E-state index in [0.717, 1.165) is 53.2 Å². The van der Waals surface area contributed by atoms with E-state index in [1.807, 2.05) is 35.1 Å². The third-order valence-corrected chi connectivity index (χ3v) is 4.35. The van der Waals surface area contributed by atoms with Gasteiger partial charge in [0.15, 0.2) is 0 Å². The first-order valence-corrected chi connectivity index (χ1v) is 7.80. The molecule has 0 radical (unpaired) electrons. The molecular weight excluding hydrogens is 298 g/mol. The molecule has 22 heavy (non-hydrogen) atoms. The predicted molar refractivity (Wildman–Crippen MR) is 85.7 cm³/mol. The van der Waals surface area contributed by atoms with E-state index in [0.29, 0.717) is 6.04 Å². The van der Waals surface area contributed by atoms with E-state index in [1.54, 1.807) is 6.33 Å². The average molecular weight is 314 g/mol. The van der Waals surface area contributed by atoms with Crippen LogP contribution in [-0.4, -0.2) is 25.8 Å². The molecule has 0 spiro atoms. The molecule has 5 nitrogen and oxygen atoms in total. The summed E-state index contributed by atoms with van der Waals surface area (Å²) in [6.45, 7) is 1.62. The van der Waals surface area contributed by atoms with E-state index >= 15 is 0 Å². The monoisotopic (exact) mass is 313 g/mol. The molecule has 1 aromatic carbocycles. The lowest BCUT2D eigenvalue weighted by Gasteiger charge is -2.24. The van der Waals surface area contributed by atoms with Crippen molar-refractivity contribution in [2.45, 2.75) is 32.0 Å². The predicted octanol–water partition coefficient (Wildman–Crippen LogP) is 2.58. The Morgan fingerprint density at radius 2 is 2.27 bits per heavy atom. The van der Waals surface area contributed by atoms with Crippen molar-refractivity contribution in [2.24, 2.45) is 0 Å². The number of hydrogen-bond donors (Lipinski definition) is 1. The van der Waals surface area contributed by atoms with E-state index in [9.17, 15) is 0 Å². The van der Waals surface area contributed by atoms with Gasteiger partial charge < -0.3 is 5.32 Å². The van der Waals surface area contributed by atoms with Gasteiger partial charge in [-0.05, 0) is 30.2 Å². The van der Waals surface area contributed by atoms with Gasteiger partial charge >= 0.3 is 0 Å². The van der Waals surface area contributed by atoms with Crippen LogP contribution in [0.15, 0.2) is 36.8 Å². The van der Waals surface area contributed by atoms with Crippen molar-refractivity contribution in [1.82, 2.24) is 25.1 Å². The number of nitrogens with one attached hydrogen (secondary N) is 1. The van der Waals surface area contributed by atoms with E-state index in [2.05, 4.69) is 20.4 Å². The number of benzene rings is 1. The average Bonchev–Trinajstić information content (AvgIpc) is 3.00. The molecule has 0 saturated carbocycles. The van der Waals surface area contributed by atoms with Crippen LogP contribution in [-0.2, 0) is 19.5 Å². The summed E-state index contributed by atoms with van der Waals surface area (Å²) in [6, 6.07) is 8.32. The second kappa shape index (κ2) is 5.66. The molecule has 0 unspecified atom stereocenters. The van der Waals surface area contributed by atoms with Crippen molar-refractivity contribution in [3.8, 4) is 0 Å². The van der Waals surface area contributed by atoms with Crippen molar-refractivity contribution >= 4 is 22.5 Å². The number of halogens is 1. The van der Waals surface area contributed by atoms with E-state index in [4.69, 9.17) is 11.6 Å². The molecule has 0 saturated heterocycles. The first kappa shape index (κ1) is 13.7. The fraction of sp³-hybridized carbons (Fsp3) is 0.312. The zero-order chi connectivity index (χ0) is 14.9. The Morgan fingerprint density at radius 1 is 1.32 bits per heavy atom. The highest BCUT2D eigenvalue weighted by atomic mass is 35.5. The van der Waals surface area contributed by atoms with Crippen LogP contribution in [0.2, 0.25) is 5.02 Å². The lowest BCUT2D eigenvalue weighted by atomic mass is 10.1. The molecule has 4 rings (SSSR count). The smallest absolute Gasteiger partial charge is 0.138 e. The number of nitrogens with zero attached hydrogens (tertiary/aromatic N) is 4. The lowest BCUT2D eigenvalue weighted by molar-refractivity contribution is 0.358. The maximum atomic E-state index is 6.22. The normalized spacial score (nSPS) is 17.6. The number of pyridine rings is 1. The molecule has 0 aliphatic carbocycles. The molecule has 0 bridgehead atoms. The summed E-state index contributed by atoms with van der Waals surface area (Å²) >= 11 is 6.22. The molecule has 2 aromatic heterocycles. The standard InChI is InChI=1S/C16H16ClN5/c17-13-6-11-2-1-5-18-16(11)12(7-13)8-19-14-3-4-15-20-10-21-22(15)9-14/h1-2,5-7,10,14,19H,3-4,8-9H2/t14-/m0/s1. The van der Waals surface area contributed by atoms with Gasteiger partial charge in [-0.1, -0.05) is 17.7 Å². The zero-order valence-electron chi connectivity index (χ0n) is 12.0. The topological polar surface area (TPSA) is 55.6 Å². The Balaban J connectivity index is 1.53. The van der Waals surface area contributed by atoms with Gasteiger partial charge in [0, 0.05) is 35.6 Å². The number of rotatable bonds is 3. The van der Waals surface area contributed by atoms with Gasteiger partial charge in [-0.25, -0.2) is 9.67 Å². The third-order valence-electron chi connectivity index (χ3n) is 4.14. The van der Waals surface area contributed by atoms with E-state index in [-0.39, 0.29) is 0 Å². The number of hydrogen-bond acceptors (Lipinski definition) is 4. The molecule has 3 heterocycles. The Hall–Kier alpha value is -1.98. The minimum Gasteiger partial charge on any atom is -0.308 e. The summed E-state index contributed by atoms with van der Waals surface area (Å²) in [5.74, 6) is 1.08. The van der Waals surface area contributed by atoms with Crippen molar-refractivity contribution in [3.05, 3.63) is 53.2 Å². The highest BCUT2D eigenvalue weighted by molar-refractivity contribution is 6.31. The quantitative estimate of drug-likeness (QED) is 0.807. The minimum absolute atomic E-state index is 0.395. The summed E-state index contributed by atoms with van der Waals surface area (Å²) in [5, 5.41) is 9.69. The van der Waals surface area contributed by atoms with Crippen molar-refractivity contribution < 1.29 is 0 Å². The van der Waals surface area contributed by atoms with Crippen LogP contribution < -0.4 is 5.32 Å².